The number of sulfonamides is 1. The van der Waals surface area contributed by atoms with E-state index in [0.29, 0.717) is 13.2 Å². The molecule has 1 aliphatic heterocycles. The number of hydrogen-bond donors (Lipinski definition) is 1. The smallest absolute Gasteiger partial charge is 0.318 e. The molecule has 124 valence electrons. The number of nitrogens with zero attached hydrogens (tertiary/aromatic N) is 2. The van der Waals surface area contributed by atoms with Gasteiger partial charge < -0.3 is 9.84 Å². The van der Waals surface area contributed by atoms with Gasteiger partial charge in [0.2, 0.25) is 10.0 Å². The van der Waals surface area contributed by atoms with Crippen LogP contribution in [0.25, 0.3) is 0 Å². The zero-order valence-electron chi connectivity index (χ0n) is 12.5. The molecule has 0 amide bonds. The fourth-order valence-electron chi connectivity index (χ4n) is 2.13. The summed E-state index contributed by atoms with van der Waals surface area (Å²) in [5, 5.41) is 8.81. The maximum Gasteiger partial charge on any atom is 0.318 e. The average molecular weight is 340 g/mol. The van der Waals surface area contributed by atoms with Crippen molar-refractivity contribution in [2.24, 2.45) is 0 Å². The lowest BCUT2D eigenvalue weighted by Gasteiger charge is -2.34. The number of thioether (sulfide) groups is 1. The van der Waals surface area contributed by atoms with E-state index in [-0.39, 0.29) is 12.6 Å². The molecule has 0 aromatic rings. The number of rotatable bonds is 9. The highest BCUT2D eigenvalue weighted by Gasteiger charge is 2.27. The Morgan fingerprint density at radius 2 is 2.24 bits per heavy atom. The quantitative estimate of drug-likeness (QED) is 0.581. The van der Waals surface area contributed by atoms with Crippen LogP contribution in [0.4, 0.5) is 0 Å². The fraction of sp³-hybridized carbons (Fsp3) is 0.917. The number of ether oxygens (including phenoxy) is 1. The molecule has 0 aliphatic carbocycles. The zero-order valence-corrected chi connectivity index (χ0v) is 14.2. The molecule has 0 radical (unpaired) electrons. The van der Waals surface area contributed by atoms with Gasteiger partial charge in [0.25, 0.3) is 0 Å². The van der Waals surface area contributed by atoms with Gasteiger partial charge in [-0.25, -0.2) is 8.42 Å². The molecule has 7 nitrogen and oxygen atoms in total. The van der Waals surface area contributed by atoms with Crippen molar-refractivity contribution in [2.75, 3.05) is 57.1 Å². The highest BCUT2D eigenvalue weighted by molar-refractivity contribution is 7.99. The van der Waals surface area contributed by atoms with Crippen LogP contribution in [0.1, 0.15) is 6.92 Å². The molecule has 1 saturated heterocycles. The summed E-state index contributed by atoms with van der Waals surface area (Å²) in [5.74, 6) is 0.954. The van der Waals surface area contributed by atoms with E-state index in [1.165, 1.54) is 0 Å². The lowest BCUT2D eigenvalue weighted by molar-refractivity contribution is -0.137. The maximum atomic E-state index is 11.6. The van der Waals surface area contributed by atoms with Crippen LogP contribution in [0.5, 0.6) is 0 Å². The molecule has 9 heteroatoms. The SMILES string of the molecule is CCSCCN1CCOC(CN(CC(=O)O)S(C)(=O)=O)C1. The Morgan fingerprint density at radius 3 is 2.81 bits per heavy atom. The van der Waals surface area contributed by atoms with E-state index in [1.807, 2.05) is 11.8 Å². The predicted octanol–water partition coefficient (Wildman–Crippen LogP) is -0.213. The topological polar surface area (TPSA) is 87.2 Å². The van der Waals surface area contributed by atoms with Crippen LogP contribution >= 0.6 is 11.8 Å². The van der Waals surface area contributed by atoms with Crippen LogP contribution in [-0.4, -0.2) is 91.9 Å². The molecule has 1 heterocycles. The highest BCUT2D eigenvalue weighted by atomic mass is 32.2. The Kier molecular flexibility index (Phi) is 7.96. The first-order chi connectivity index (χ1) is 9.82. The number of carboxylic acid groups (broad SMARTS) is 1. The van der Waals surface area contributed by atoms with E-state index in [9.17, 15) is 13.2 Å². The summed E-state index contributed by atoms with van der Waals surface area (Å²) in [6, 6.07) is 0. The second-order valence-corrected chi connectivity index (χ2v) is 8.32. The predicted molar refractivity (Wildman–Crippen MR) is 83.2 cm³/mol. The molecule has 1 unspecified atom stereocenters. The minimum Gasteiger partial charge on any atom is -0.480 e. The molecule has 0 saturated carbocycles. The van der Waals surface area contributed by atoms with Crippen LogP contribution in [0, 0.1) is 0 Å². The summed E-state index contributed by atoms with van der Waals surface area (Å²) in [7, 11) is -3.55. The lowest BCUT2D eigenvalue weighted by Crippen LogP contribution is -2.50. The van der Waals surface area contributed by atoms with Gasteiger partial charge in [-0.05, 0) is 5.75 Å². The lowest BCUT2D eigenvalue weighted by atomic mass is 10.2. The van der Waals surface area contributed by atoms with E-state index in [0.717, 1.165) is 35.2 Å². The summed E-state index contributed by atoms with van der Waals surface area (Å²) in [6.45, 7) is 4.63. The summed E-state index contributed by atoms with van der Waals surface area (Å²) in [6.07, 6.45) is 0.744. The van der Waals surface area contributed by atoms with Gasteiger partial charge in [-0.1, -0.05) is 6.92 Å². The zero-order chi connectivity index (χ0) is 15.9. The summed E-state index contributed by atoms with van der Waals surface area (Å²) in [4.78, 5) is 13.0. The third-order valence-electron chi connectivity index (χ3n) is 3.17. The van der Waals surface area contributed by atoms with Crippen molar-refractivity contribution in [3.05, 3.63) is 0 Å². The van der Waals surface area contributed by atoms with Crippen molar-refractivity contribution in [2.45, 2.75) is 13.0 Å². The van der Waals surface area contributed by atoms with Crippen molar-refractivity contribution < 1.29 is 23.1 Å². The fourth-order valence-corrected chi connectivity index (χ4v) is 3.59. The van der Waals surface area contributed by atoms with E-state index in [2.05, 4.69) is 11.8 Å². The Balaban J connectivity index is 2.52. The van der Waals surface area contributed by atoms with Crippen molar-refractivity contribution >= 4 is 27.8 Å². The molecule has 1 N–H and O–H groups in total. The molecular formula is C12H24N2O5S2. The van der Waals surface area contributed by atoms with Gasteiger partial charge in [-0.2, -0.15) is 16.1 Å². The van der Waals surface area contributed by atoms with E-state index < -0.39 is 22.5 Å². The summed E-state index contributed by atoms with van der Waals surface area (Å²) >= 11 is 1.86. The number of carbonyl (C=O) groups is 1. The van der Waals surface area contributed by atoms with Gasteiger partial charge in [-0.15, -0.1) is 0 Å². The van der Waals surface area contributed by atoms with Crippen molar-refractivity contribution in [1.82, 2.24) is 9.21 Å². The van der Waals surface area contributed by atoms with Gasteiger partial charge in [0.05, 0.1) is 19.0 Å². The summed E-state index contributed by atoms with van der Waals surface area (Å²) < 4.78 is 29.8. The molecule has 1 aliphatic rings. The highest BCUT2D eigenvalue weighted by Crippen LogP contribution is 2.10. The maximum absolute atomic E-state index is 11.6. The van der Waals surface area contributed by atoms with Crippen molar-refractivity contribution in [3.63, 3.8) is 0 Å². The third-order valence-corrected chi connectivity index (χ3v) is 5.26. The second kappa shape index (κ2) is 8.94. The Bertz CT molecular complexity index is 429. The van der Waals surface area contributed by atoms with Crippen molar-refractivity contribution in [3.8, 4) is 0 Å². The standard InChI is InChI=1S/C12H24N2O5S2/c1-3-20-7-5-13-4-6-19-11(8-13)9-14(10-12(15)16)21(2,17)18/h11H,3-10H2,1-2H3,(H,15,16). The first-order valence-electron chi connectivity index (χ1n) is 6.91. The van der Waals surface area contributed by atoms with E-state index in [4.69, 9.17) is 9.84 Å². The van der Waals surface area contributed by atoms with Gasteiger partial charge in [0.15, 0.2) is 0 Å². The summed E-state index contributed by atoms with van der Waals surface area (Å²) in [5.41, 5.74) is 0. The van der Waals surface area contributed by atoms with E-state index in [1.54, 1.807) is 0 Å². The molecule has 0 aromatic heterocycles. The van der Waals surface area contributed by atoms with Crippen LogP contribution in [-0.2, 0) is 19.6 Å². The van der Waals surface area contributed by atoms with Gasteiger partial charge in [0.1, 0.15) is 6.54 Å². The molecule has 0 spiro atoms. The Hall–Kier alpha value is -0.350. The van der Waals surface area contributed by atoms with Crippen LogP contribution in [0.3, 0.4) is 0 Å². The molecule has 1 atom stereocenters. The van der Waals surface area contributed by atoms with Crippen LogP contribution in [0.15, 0.2) is 0 Å². The monoisotopic (exact) mass is 340 g/mol. The van der Waals surface area contributed by atoms with Gasteiger partial charge >= 0.3 is 5.97 Å². The molecule has 0 aromatic carbocycles. The molecule has 1 rings (SSSR count). The third kappa shape index (κ3) is 7.46. The number of aliphatic carboxylic acids is 1. The molecule has 21 heavy (non-hydrogen) atoms. The van der Waals surface area contributed by atoms with Crippen molar-refractivity contribution in [1.29, 1.82) is 0 Å². The largest absolute Gasteiger partial charge is 0.480 e. The normalized spacial score (nSPS) is 20.8. The molecule has 0 bridgehead atoms. The molecule has 1 fully saturated rings. The minimum atomic E-state index is -3.55. The molecular weight excluding hydrogens is 316 g/mol. The van der Waals surface area contributed by atoms with Gasteiger partial charge in [-0.3, -0.25) is 9.69 Å². The second-order valence-electron chi connectivity index (χ2n) is 4.94. The first kappa shape index (κ1) is 18.7. The minimum absolute atomic E-state index is 0.0859. The average Bonchev–Trinajstić information content (AvgIpc) is 2.37. The van der Waals surface area contributed by atoms with Crippen LogP contribution in [0.2, 0.25) is 0 Å². The number of carboxylic acids is 1. The number of morpholine rings is 1. The first-order valence-corrected chi connectivity index (χ1v) is 9.91. The van der Waals surface area contributed by atoms with Crippen LogP contribution < -0.4 is 0 Å². The Morgan fingerprint density at radius 1 is 1.52 bits per heavy atom. The number of hydrogen-bond acceptors (Lipinski definition) is 6. The van der Waals surface area contributed by atoms with E-state index >= 15 is 0 Å². The Labute approximate surface area is 130 Å². The van der Waals surface area contributed by atoms with Gasteiger partial charge in [0, 0.05) is 31.9 Å².